The Kier molecular flexibility index (Phi) is 6.52. The van der Waals surface area contributed by atoms with Crippen molar-refractivity contribution in [2.24, 2.45) is 11.7 Å². The number of nitrogens with two attached hydrogens (primary N) is 1. The minimum absolute atomic E-state index is 0.00630. The molecule has 0 bridgehead atoms. The third-order valence-corrected chi connectivity index (χ3v) is 3.20. The molecule has 3 N–H and O–H groups in total. The van der Waals surface area contributed by atoms with Crippen LogP contribution in [0.2, 0.25) is 0 Å². The predicted molar refractivity (Wildman–Crippen MR) is 71.3 cm³/mol. The fourth-order valence-electron chi connectivity index (χ4n) is 1.05. The Labute approximate surface area is 104 Å². The number of amides is 1. The summed E-state index contributed by atoms with van der Waals surface area (Å²) >= 11 is 4.88. The summed E-state index contributed by atoms with van der Waals surface area (Å²) in [4.78, 5) is 13.9. The molecule has 0 radical (unpaired) electrons. The summed E-state index contributed by atoms with van der Waals surface area (Å²) < 4.78 is 0. The van der Waals surface area contributed by atoms with Crippen LogP contribution in [-0.4, -0.2) is 41.5 Å². The van der Waals surface area contributed by atoms with E-state index >= 15 is 0 Å². The van der Waals surface area contributed by atoms with E-state index in [2.05, 4.69) is 19.2 Å². The zero-order valence-electron chi connectivity index (χ0n) is 10.8. The van der Waals surface area contributed by atoms with E-state index in [1.807, 2.05) is 25.8 Å². The number of carbonyl (C=O) groups is 1. The molecule has 16 heavy (non-hydrogen) atoms. The molecule has 0 heterocycles. The van der Waals surface area contributed by atoms with Crippen LogP contribution in [0.15, 0.2) is 0 Å². The summed E-state index contributed by atoms with van der Waals surface area (Å²) in [6.07, 6.45) is 0. The van der Waals surface area contributed by atoms with Crippen LogP contribution < -0.4 is 11.1 Å². The highest BCUT2D eigenvalue weighted by molar-refractivity contribution is 7.80. The van der Waals surface area contributed by atoms with Gasteiger partial charge in [0.1, 0.15) is 0 Å². The Morgan fingerprint density at radius 3 is 2.25 bits per heavy atom. The van der Waals surface area contributed by atoms with Gasteiger partial charge in [-0.1, -0.05) is 26.1 Å². The van der Waals surface area contributed by atoms with Crippen molar-refractivity contribution < 1.29 is 4.79 Å². The molecule has 0 saturated heterocycles. The highest BCUT2D eigenvalue weighted by Gasteiger charge is 2.17. The topological polar surface area (TPSA) is 58.4 Å². The van der Waals surface area contributed by atoms with Gasteiger partial charge < -0.3 is 11.1 Å². The molecule has 0 aliphatic heterocycles. The molecule has 0 aliphatic carbocycles. The Morgan fingerprint density at radius 1 is 1.38 bits per heavy atom. The zero-order chi connectivity index (χ0) is 12.9. The first-order valence-corrected chi connectivity index (χ1v) is 5.95. The van der Waals surface area contributed by atoms with Crippen molar-refractivity contribution in [2.45, 2.75) is 39.8 Å². The molecule has 0 aromatic carbocycles. The molecule has 0 rings (SSSR count). The second-order valence-corrected chi connectivity index (χ2v) is 5.07. The van der Waals surface area contributed by atoms with Crippen LogP contribution in [0.3, 0.4) is 0 Å². The molecule has 2 unspecified atom stereocenters. The fourth-order valence-corrected chi connectivity index (χ4v) is 1.23. The summed E-state index contributed by atoms with van der Waals surface area (Å²) in [5.74, 6) is 0.439. The molecule has 0 fully saturated rings. The van der Waals surface area contributed by atoms with Gasteiger partial charge in [-0.05, 0) is 26.8 Å². The number of hydrogen-bond acceptors (Lipinski definition) is 3. The fraction of sp³-hybridized carbons (Fsp3) is 0.818. The van der Waals surface area contributed by atoms with E-state index < -0.39 is 0 Å². The molecule has 5 heteroatoms. The Morgan fingerprint density at radius 2 is 1.88 bits per heavy atom. The number of thiocarbonyl (C=S) groups is 1. The summed E-state index contributed by atoms with van der Waals surface area (Å²) in [7, 11) is 1.84. The Balaban J connectivity index is 4.10. The quantitative estimate of drug-likeness (QED) is 0.678. The van der Waals surface area contributed by atoms with Gasteiger partial charge in [0.2, 0.25) is 5.91 Å². The molecular weight excluding hydrogens is 222 g/mol. The molecule has 94 valence electrons. The molecule has 4 nitrogen and oxygen atoms in total. The van der Waals surface area contributed by atoms with Crippen LogP contribution in [0, 0.1) is 5.92 Å². The molecule has 0 aliphatic rings. The molecule has 0 aromatic heterocycles. The van der Waals surface area contributed by atoms with Gasteiger partial charge in [0.05, 0.1) is 17.6 Å². The summed E-state index contributed by atoms with van der Waals surface area (Å²) in [6, 6.07) is 0.121. The molecule has 0 spiro atoms. The molecule has 2 atom stereocenters. The van der Waals surface area contributed by atoms with Crippen molar-refractivity contribution in [1.82, 2.24) is 10.2 Å². The van der Waals surface area contributed by atoms with Crippen LogP contribution in [0.25, 0.3) is 0 Å². The van der Waals surface area contributed by atoms with Gasteiger partial charge in [0, 0.05) is 6.04 Å². The minimum Gasteiger partial charge on any atom is -0.392 e. The average Bonchev–Trinajstić information content (AvgIpc) is 2.15. The second kappa shape index (κ2) is 6.81. The van der Waals surface area contributed by atoms with Gasteiger partial charge in [-0.25, -0.2) is 0 Å². The second-order valence-electron chi connectivity index (χ2n) is 4.59. The van der Waals surface area contributed by atoms with Crippen LogP contribution in [0.4, 0.5) is 0 Å². The predicted octanol–water partition coefficient (Wildman–Crippen LogP) is 0.754. The highest BCUT2D eigenvalue weighted by atomic mass is 32.1. The van der Waals surface area contributed by atoms with Crippen LogP contribution >= 0.6 is 12.2 Å². The number of nitrogens with one attached hydrogen (secondary N) is 1. The SMILES string of the molecule is CC(C)C(C)NC(=O)CN(C)C(C)C(N)=S. The first-order valence-electron chi connectivity index (χ1n) is 5.54. The summed E-state index contributed by atoms with van der Waals surface area (Å²) in [5.41, 5.74) is 5.52. The van der Waals surface area contributed by atoms with E-state index in [0.717, 1.165) is 0 Å². The number of likely N-dealkylation sites (N-methyl/N-ethyl adjacent to an activating group) is 1. The maximum atomic E-state index is 11.7. The van der Waals surface area contributed by atoms with Crippen LogP contribution in [-0.2, 0) is 4.79 Å². The van der Waals surface area contributed by atoms with Gasteiger partial charge in [-0.2, -0.15) is 0 Å². The lowest BCUT2D eigenvalue weighted by atomic mass is 10.1. The average molecular weight is 245 g/mol. The number of hydrogen-bond donors (Lipinski definition) is 2. The summed E-state index contributed by atoms with van der Waals surface area (Å²) in [5, 5.41) is 2.94. The molecule has 1 amide bonds. The van der Waals surface area contributed by atoms with Gasteiger partial charge in [0.25, 0.3) is 0 Å². The maximum absolute atomic E-state index is 11.7. The monoisotopic (exact) mass is 245 g/mol. The maximum Gasteiger partial charge on any atom is 0.234 e. The third kappa shape index (κ3) is 5.42. The highest BCUT2D eigenvalue weighted by Crippen LogP contribution is 2.00. The number of carbonyl (C=O) groups excluding carboxylic acids is 1. The lowest BCUT2D eigenvalue weighted by Crippen LogP contribution is -2.47. The smallest absolute Gasteiger partial charge is 0.234 e. The van der Waals surface area contributed by atoms with E-state index in [4.69, 9.17) is 18.0 Å². The lowest BCUT2D eigenvalue weighted by molar-refractivity contribution is -0.123. The van der Waals surface area contributed by atoms with Gasteiger partial charge in [-0.3, -0.25) is 9.69 Å². The molecular formula is C11H23N3OS. The van der Waals surface area contributed by atoms with Gasteiger partial charge in [0.15, 0.2) is 0 Å². The van der Waals surface area contributed by atoms with E-state index in [1.165, 1.54) is 0 Å². The largest absolute Gasteiger partial charge is 0.392 e. The van der Waals surface area contributed by atoms with E-state index in [-0.39, 0.29) is 18.0 Å². The van der Waals surface area contributed by atoms with Gasteiger partial charge in [-0.15, -0.1) is 0 Å². The van der Waals surface area contributed by atoms with Crippen molar-refractivity contribution in [2.75, 3.05) is 13.6 Å². The normalized spacial score (nSPS) is 14.9. The molecule has 0 saturated carbocycles. The third-order valence-electron chi connectivity index (χ3n) is 2.85. The summed E-state index contributed by atoms with van der Waals surface area (Å²) in [6.45, 7) is 8.36. The Bertz CT molecular complexity index is 256. The van der Waals surface area contributed by atoms with Crippen molar-refractivity contribution in [3.8, 4) is 0 Å². The van der Waals surface area contributed by atoms with Crippen LogP contribution in [0.5, 0.6) is 0 Å². The van der Waals surface area contributed by atoms with Gasteiger partial charge >= 0.3 is 0 Å². The number of rotatable bonds is 6. The van der Waals surface area contributed by atoms with E-state index in [9.17, 15) is 4.79 Å². The first-order chi connectivity index (χ1) is 7.25. The Hall–Kier alpha value is -0.680. The minimum atomic E-state index is -0.0601. The zero-order valence-corrected chi connectivity index (χ0v) is 11.6. The standard InChI is InChI=1S/C11H23N3OS/c1-7(2)8(3)13-10(15)6-14(5)9(4)11(12)16/h7-9H,6H2,1-5H3,(H2,12,16)(H,13,15). The van der Waals surface area contributed by atoms with Crippen molar-refractivity contribution >= 4 is 23.1 Å². The number of nitrogens with zero attached hydrogens (tertiary/aromatic N) is 1. The molecule has 0 aromatic rings. The van der Waals surface area contributed by atoms with Crippen LogP contribution in [0.1, 0.15) is 27.7 Å². The van der Waals surface area contributed by atoms with Crippen molar-refractivity contribution in [3.63, 3.8) is 0 Å². The first kappa shape index (κ1) is 15.3. The van der Waals surface area contributed by atoms with Crippen molar-refractivity contribution in [3.05, 3.63) is 0 Å². The lowest BCUT2D eigenvalue weighted by Gasteiger charge is -2.24. The van der Waals surface area contributed by atoms with Crippen molar-refractivity contribution in [1.29, 1.82) is 0 Å². The van der Waals surface area contributed by atoms with E-state index in [0.29, 0.717) is 17.5 Å². The van der Waals surface area contributed by atoms with E-state index in [1.54, 1.807) is 0 Å².